The van der Waals surface area contributed by atoms with Crippen LogP contribution in [-0.4, -0.2) is 66.8 Å². The molecule has 16 heteroatoms. The molecule has 2 aromatic carbocycles. The molecule has 3 heterocycles. The number of nitrogens with zero attached hydrogens (tertiary/aromatic N) is 3. The lowest BCUT2D eigenvalue weighted by atomic mass is 10.0. The van der Waals surface area contributed by atoms with Crippen molar-refractivity contribution in [1.29, 1.82) is 0 Å². The van der Waals surface area contributed by atoms with Gasteiger partial charge in [-0.1, -0.05) is 6.07 Å². The number of carbonyl (C=O) groups is 3. The highest BCUT2D eigenvalue weighted by atomic mass is 19.4. The van der Waals surface area contributed by atoms with Crippen molar-refractivity contribution < 1.29 is 42.1 Å². The summed E-state index contributed by atoms with van der Waals surface area (Å²) in [5.41, 5.74) is 13.4. The number of carbonyl (C=O) groups excluding carboxylic acids is 2. The van der Waals surface area contributed by atoms with Gasteiger partial charge in [0.1, 0.15) is 17.7 Å². The van der Waals surface area contributed by atoms with Crippen molar-refractivity contribution in [1.82, 2.24) is 15.8 Å². The van der Waals surface area contributed by atoms with Gasteiger partial charge in [-0.3, -0.25) is 20.4 Å². The second-order valence-electron chi connectivity index (χ2n) is 9.86. The van der Waals surface area contributed by atoms with Crippen LogP contribution in [0.1, 0.15) is 41.4 Å². The van der Waals surface area contributed by atoms with Crippen molar-refractivity contribution in [3.63, 3.8) is 0 Å². The van der Waals surface area contributed by atoms with Crippen LogP contribution in [-0.2, 0) is 9.59 Å². The number of hydrogen-bond donors (Lipinski definition) is 5. The van der Waals surface area contributed by atoms with Crippen LogP contribution in [0.2, 0.25) is 0 Å². The number of alkyl halides is 3. The summed E-state index contributed by atoms with van der Waals surface area (Å²) in [6.45, 7) is 3.78. The fourth-order valence-electron chi connectivity index (χ4n) is 3.82. The van der Waals surface area contributed by atoms with Gasteiger partial charge in [0.25, 0.3) is 11.8 Å². The van der Waals surface area contributed by atoms with Gasteiger partial charge in [-0.2, -0.15) is 13.2 Å². The third-order valence-electron chi connectivity index (χ3n) is 5.87. The molecule has 0 saturated carbocycles. The summed E-state index contributed by atoms with van der Waals surface area (Å²) < 4.78 is 43.5. The van der Waals surface area contributed by atoms with E-state index >= 15 is 0 Å². The van der Waals surface area contributed by atoms with Crippen molar-refractivity contribution in [2.45, 2.75) is 32.2 Å². The van der Waals surface area contributed by atoms with Crippen molar-refractivity contribution in [2.75, 3.05) is 31.0 Å². The molecular formula is C29H32F3N7O6. The summed E-state index contributed by atoms with van der Waals surface area (Å²) in [7, 11) is 3.57. The lowest BCUT2D eigenvalue weighted by molar-refractivity contribution is -0.192. The number of aliphatic carboxylic acids is 1. The molecule has 6 N–H and O–H groups in total. The van der Waals surface area contributed by atoms with Gasteiger partial charge < -0.3 is 30.5 Å². The molecule has 0 saturated heterocycles. The number of amides is 2. The molecule has 5 rings (SSSR count). The van der Waals surface area contributed by atoms with Gasteiger partial charge in [-0.15, -0.1) is 0 Å². The van der Waals surface area contributed by atoms with E-state index in [2.05, 4.69) is 26.1 Å². The highest BCUT2D eigenvalue weighted by Crippen LogP contribution is 2.33. The van der Waals surface area contributed by atoms with Gasteiger partial charge >= 0.3 is 12.1 Å². The first-order valence-corrected chi connectivity index (χ1v) is 13.3. The van der Waals surface area contributed by atoms with Crippen LogP contribution >= 0.6 is 0 Å². The SMILES string of the molecule is CC(C)Oc1ccc2cc1OC/N=C(/N)c1ccc(cc1)NC2C(=O)NNC(=O)c1cccnc1N(C)C.O=C(O)C(F)(F)F. The third kappa shape index (κ3) is 9.47. The minimum absolute atomic E-state index is 0.0365. The number of hydrazine groups is 1. The maximum absolute atomic E-state index is 13.4. The van der Waals surface area contributed by atoms with Gasteiger partial charge in [-0.05, 0) is 67.9 Å². The summed E-state index contributed by atoms with van der Waals surface area (Å²) in [6, 6.07) is 14.8. The average Bonchev–Trinajstić information content (AvgIpc) is 3.00. The molecule has 1 aromatic heterocycles. The summed E-state index contributed by atoms with van der Waals surface area (Å²) in [6.07, 6.45) is -3.58. The Morgan fingerprint density at radius 3 is 2.38 bits per heavy atom. The molecule has 3 aromatic rings. The monoisotopic (exact) mass is 631 g/mol. The minimum atomic E-state index is -5.08. The zero-order valence-electron chi connectivity index (χ0n) is 24.7. The number of aliphatic imine (C=N–C) groups is 1. The third-order valence-corrected chi connectivity index (χ3v) is 5.87. The predicted octanol–water partition coefficient (Wildman–Crippen LogP) is 3.24. The summed E-state index contributed by atoms with van der Waals surface area (Å²) in [5.74, 6) is -2.04. The standard InChI is InChI=1S/C27H31N7O4.C2HF3O2/c1-16(2)38-21-12-9-18-14-22(21)37-15-30-24(28)17-7-10-19(11-8-17)31-23(18)27(36)33-32-26(35)20-6-5-13-29-25(20)34(3)4;3-2(4,5)1(6)7/h5-14,16,23,31H,15H2,1-4H3,(H2,28,30)(H,32,35)(H,33,36);(H,6,7). The smallest absolute Gasteiger partial charge is 0.487 e. The van der Waals surface area contributed by atoms with Crippen LogP contribution in [0.5, 0.6) is 11.5 Å². The van der Waals surface area contributed by atoms with E-state index in [4.69, 9.17) is 25.1 Å². The number of fused-ring (bicyclic) bond motifs is 5. The lowest BCUT2D eigenvalue weighted by Gasteiger charge is -2.22. The molecule has 0 radical (unpaired) electrons. The van der Waals surface area contributed by atoms with Crippen molar-refractivity contribution in [2.24, 2.45) is 10.7 Å². The first kappa shape index (κ1) is 34.0. The van der Waals surface area contributed by atoms with E-state index in [1.165, 1.54) is 0 Å². The highest BCUT2D eigenvalue weighted by Gasteiger charge is 2.38. The predicted molar refractivity (Wildman–Crippen MR) is 159 cm³/mol. The van der Waals surface area contributed by atoms with E-state index in [9.17, 15) is 22.8 Å². The molecular weight excluding hydrogens is 599 g/mol. The summed E-state index contributed by atoms with van der Waals surface area (Å²) in [5, 5.41) is 10.4. The van der Waals surface area contributed by atoms with E-state index in [0.29, 0.717) is 45.5 Å². The number of carboxylic acid groups (broad SMARTS) is 1. The number of halogens is 3. The van der Waals surface area contributed by atoms with Crippen LogP contribution in [0, 0.1) is 0 Å². The number of aromatic nitrogens is 1. The lowest BCUT2D eigenvalue weighted by Crippen LogP contribution is -2.45. The van der Waals surface area contributed by atoms with Crippen LogP contribution in [0.4, 0.5) is 24.7 Å². The van der Waals surface area contributed by atoms with Crippen molar-refractivity contribution in [3.05, 3.63) is 77.5 Å². The Kier molecular flexibility index (Phi) is 11.1. The second kappa shape index (κ2) is 14.8. The number of ether oxygens (including phenoxy) is 2. The Labute approximate surface area is 256 Å². The van der Waals surface area contributed by atoms with Crippen LogP contribution < -0.4 is 36.3 Å². The maximum atomic E-state index is 13.4. The van der Waals surface area contributed by atoms with Gasteiger partial charge in [0.2, 0.25) is 0 Å². The minimum Gasteiger partial charge on any atom is -0.487 e. The fraction of sp³-hybridized carbons (Fsp3) is 0.276. The van der Waals surface area contributed by atoms with Gasteiger partial charge in [0.15, 0.2) is 18.2 Å². The van der Waals surface area contributed by atoms with Crippen molar-refractivity contribution in [3.8, 4) is 11.5 Å². The van der Waals surface area contributed by atoms with E-state index in [1.54, 1.807) is 79.8 Å². The van der Waals surface area contributed by atoms with Crippen molar-refractivity contribution >= 4 is 35.1 Å². The molecule has 4 bridgehead atoms. The number of benzene rings is 2. The number of amidine groups is 1. The first-order chi connectivity index (χ1) is 21.2. The normalized spacial score (nSPS) is 15.2. The quantitative estimate of drug-likeness (QED) is 0.262. The molecule has 0 spiro atoms. The number of pyridine rings is 1. The first-order valence-electron chi connectivity index (χ1n) is 13.3. The number of rotatable bonds is 5. The van der Waals surface area contributed by atoms with Gasteiger partial charge in [0, 0.05) is 31.5 Å². The van der Waals surface area contributed by atoms with Gasteiger partial charge in [-0.25, -0.2) is 14.8 Å². The van der Waals surface area contributed by atoms with E-state index in [1.807, 2.05) is 13.8 Å². The molecule has 0 fully saturated rings. The molecule has 2 amide bonds. The largest absolute Gasteiger partial charge is 0.490 e. The Morgan fingerprint density at radius 1 is 1.11 bits per heavy atom. The molecule has 2 aliphatic rings. The van der Waals surface area contributed by atoms with Gasteiger partial charge in [0.05, 0.1) is 11.7 Å². The van der Waals surface area contributed by atoms with E-state index < -0.39 is 30.0 Å². The molecule has 45 heavy (non-hydrogen) atoms. The highest BCUT2D eigenvalue weighted by molar-refractivity contribution is 6.00. The molecule has 1 unspecified atom stereocenters. The van der Waals surface area contributed by atoms with E-state index in [0.717, 1.165) is 0 Å². The number of nitrogens with two attached hydrogens (primary N) is 1. The molecule has 13 nitrogen and oxygen atoms in total. The molecule has 1 atom stereocenters. The summed E-state index contributed by atoms with van der Waals surface area (Å²) in [4.78, 5) is 45.5. The Morgan fingerprint density at radius 2 is 1.78 bits per heavy atom. The average molecular weight is 632 g/mol. The molecule has 2 aliphatic heterocycles. The number of carboxylic acids is 1. The van der Waals surface area contributed by atoms with Crippen LogP contribution in [0.15, 0.2) is 65.8 Å². The Balaban J connectivity index is 0.000000707. The number of nitrogens with one attached hydrogen (secondary N) is 3. The second-order valence-corrected chi connectivity index (χ2v) is 9.86. The zero-order chi connectivity index (χ0) is 33.3. The topological polar surface area (TPSA) is 180 Å². The van der Waals surface area contributed by atoms with Crippen LogP contribution in [0.25, 0.3) is 0 Å². The van der Waals surface area contributed by atoms with Crippen LogP contribution in [0.3, 0.4) is 0 Å². The number of anilines is 2. The maximum Gasteiger partial charge on any atom is 0.490 e. The van der Waals surface area contributed by atoms with E-state index in [-0.39, 0.29) is 12.8 Å². The molecule has 0 aliphatic carbocycles. The fourth-order valence-corrected chi connectivity index (χ4v) is 3.82. The number of hydrogen-bond acceptors (Lipinski definition) is 10. The Bertz CT molecular complexity index is 1550. The molecule has 240 valence electrons. The summed E-state index contributed by atoms with van der Waals surface area (Å²) >= 11 is 0. The Hall–Kier alpha value is -5.54. The zero-order valence-corrected chi connectivity index (χ0v) is 24.7.